The third kappa shape index (κ3) is 1.97. The number of aromatic nitrogens is 3. The van der Waals surface area contributed by atoms with Crippen molar-refractivity contribution >= 4 is 21.7 Å². The van der Waals surface area contributed by atoms with Crippen LogP contribution in [0, 0.1) is 6.92 Å². The quantitative estimate of drug-likeness (QED) is 0.847. The first kappa shape index (κ1) is 10.0. The summed E-state index contributed by atoms with van der Waals surface area (Å²) < 4.78 is 0.438. The van der Waals surface area contributed by atoms with Gasteiger partial charge in [-0.1, -0.05) is 29.8 Å². The molecule has 0 saturated heterocycles. The van der Waals surface area contributed by atoms with Crippen LogP contribution in [0.2, 0.25) is 0 Å². The zero-order chi connectivity index (χ0) is 10.8. The van der Waals surface area contributed by atoms with Gasteiger partial charge < -0.3 is 0 Å². The van der Waals surface area contributed by atoms with Crippen LogP contribution in [0.3, 0.4) is 0 Å². The van der Waals surface area contributed by atoms with Crippen LogP contribution in [0.1, 0.15) is 21.6 Å². The third-order valence-corrected chi connectivity index (χ3v) is 2.59. The summed E-state index contributed by atoms with van der Waals surface area (Å²) in [4.78, 5) is 11.9. The Morgan fingerprint density at radius 2 is 1.93 bits per heavy atom. The van der Waals surface area contributed by atoms with Crippen molar-refractivity contribution in [3.63, 3.8) is 0 Å². The highest BCUT2D eigenvalue weighted by molar-refractivity contribution is 9.10. The first-order valence-corrected chi connectivity index (χ1v) is 5.15. The number of aromatic amines is 1. The summed E-state index contributed by atoms with van der Waals surface area (Å²) in [7, 11) is 0. The van der Waals surface area contributed by atoms with Crippen molar-refractivity contribution < 1.29 is 4.79 Å². The number of nitrogens with one attached hydrogen (secondary N) is 1. The van der Waals surface area contributed by atoms with Crippen LogP contribution in [0.4, 0.5) is 0 Å². The van der Waals surface area contributed by atoms with Gasteiger partial charge in [-0.25, -0.2) is 0 Å². The zero-order valence-electron chi connectivity index (χ0n) is 7.99. The lowest BCUT2D eigenvalue weighted by Crippen LogP contribution is -2.02. The van der Waals surface area contributed by atoms with Gasteiger partial charge in [0, 0.05) is 5.56 Å². The molecule has 4 nitrogen and oxygen atoms in total. The van der Waals surface area contributed by atoms with Gasteiger partial charge in [0.2, 0.25) is 5.78 Å². The molecule has 0 saturated carbocycles. The van der Waals surface area contributed by atoms with Crippen LogP contribution in [0.25, 0.3) is 0 Å². The Hall–Kier alpha value is -1.49. The van der Waals surface area contributed by atoms with Crippen molar-refractivity contribution in [2.24, 2.45) is 0 Å². The molecule has 2 rings (SSSR count). The lowest BCUT2D eigenvalue weighted by molar-refractivity contribution is 0.103. The van der Waals surface area contributed by atoms with Gasteiger partial charge in [-0.15, -0.1) is 5.10 Å². The number of hydrogen-bond acceptors (Lipinski definition) is 3. The molecule has 0 radical (unpaired) electrons. The van der Waals surface area contributed by atoms with Gasteiger partial charge in [-0.2, -0.15) is 10.3 Å². The molecule has 0 atom stereocenters. The second kappa shape index (κ2) is 3.94. The van der Waals surface area contributed by atoms with Crippen LogP contribution in [-0.2, 0) is 0 Å². The predicted molar refractivity (Wildman–Crippen MR) is 58.7 cm³/mol. The van der Waals surface area contributed by atoms with E-state index in [2.05, 4.69) is 31.3 Å². The van der Waals surface area contributed by atoms with Crippen LogP contribution in [0.5, 0.6) is 0 Å². The number of ketones is 1. The minimum atomic E-state index is -0.143. The minimum absolute atomic E-state index is 0.143. The average Bonchev–Trinajstić information content (AvgIpc) is 2.65. The average molecular weight is 266 g/mol. The van der Waals surface area contributed by atoms with E-state index in [4.69, 9.17) is 0 Å². The summed E-state index contributed by atoms with van der Waals surface area (Å²) in [6, 6.07) is 7.33. The van der Waals surface area contributed by atoms with Gasteiger partial charge in [0.05, 0.1) is 0 Å². The Labute approximate surface area is 94.8 Å². The molecule has 76 valence electrons. The fraction of sp³-hybridized carbons (Fsp3) is 0.100. The predicted octanol–water partition coefficient (Wildman–Crippen LogP) is 2.11. The van der Waals surface area contributed by atoms with Gasteiger partial charge in [-0.05, 0) is 22.9 Å². The summed E-state index contributed by atoms with van der Waals surface area (Å²) in [6.45, 7) is 1.97. The Morgan fingerprint density at radius 1 is 1.27 bits per heavy atom. The molecule has 0 aliphatic heterocycles. The van der Waals surface area contributed by atoms with Crippen molar-refractivity contribution in [1.82, 2.24) is 15.4 Å². The van der Waals surface area contributed by atoms with Crippen molar-refractivity contribution in [1.29, 1.82) is 0 Å². The fourth-order valence-corrected chi connectivity index (χ4v) is 1.55. The summed E-state index contributed by atoms with van der Waals surface area (Å²) >= 11 is 3.15. The maximum Gasteiger partial charge on any atom is 0.216 e. The Morgan fingerprint density at radius 3 is 2.47 bits per heavy atom. The minimum Gasteiger partial charge on any atom is -0.287 e. The summed E-state index contributed by atoms with van der Waals surface area (Å²) in [5.41, 5.74) is 2.03. The SMILES string of the molecule is Cc1ccc(C(=O)c2n[nH]nc2Br)cc1. The highest BCUT2D eigenvalue weighted by Crippen LogP contribution is 2.15. The van der Waals surface area contributed by atoms with E-state index in [1.807, 2.05) is 19.1 Å². The highest BCUT2D eigenvalue weighted by Gasteiger charge is 2.15. The molecule has 0 bridgehead atoms. The van der Waals surface area contributed by atoms with Gasteiger partial charge in [-0.3, -0.25) is 4.79 Å². The summed E-state index contributed by atoms with van der Waals surface area (Å²) in [5, 5.41) is 9.91. The molecule has 0 amide bonds. The first-order valence-electron chi connectivity index (χ1n) is 4.36. The lowest BCUT2D eigenvalue weighted by Gasteiger charge is -1.97. The van der Waals surface area contributed by atoms with E-state index < -0.39 is 0 Å². The van der Waals surface area contributed by atoms with Crippen LogP contribution >= 0.6 is 15.9 Å². The molecule has 0 fully saturated rings. The second-order valence-electron chi connectivity index (χ2n) is 3.16. The maximum absolute atomic E-state index is 11.9. The van der Waals surface area contributed by atoms with Crippen molar-refractivity contribution in [3.8, 4) is 0 Å². The summed E-state index contributed by atoms with van der Waals surface area (Å²) in [5.74, 6) is -0.143. The van der Waals surface area contributed by atoms with Gasteiger partial charge >= 0.3 is 0 Å². The van der Waals surface area contributed by atoms with Crippen molar-refractivity contribution in [3.05, 3.63) is 45.7 Å². The molecule has 2 aromatic rings. The smallest absolute Gasteiger partial charge is 0.216 e. The van der Waals surface area contributed by atoms with Crippen molar-refractivity contribution in [2.75, 3.05) is 0 Å². The number of carbonyl (C=O) groups is 1. The molecule has 0 spiro atoms. The Balaban J connectivity index is 2.37. The largest absolute Gasteiger partial charge is 0.287 e. The number of halogens is 1. The Bertz CT molecular complexity index is 490. The van der Waals surface area contributed by atoms with Gasteiger partial charge in [0.1, 0.15) is 0 Å². The van der Waals surface area contributed by atoms with Crippen LogP contribution in [-0.4, -0.2) is 21.2 Å². The van der Waals surface area contributed by atoms with E-state index in [9.17, 15) is 4.79 Å². The number of carbonyl (C=O) groups excluding carboxylic acids is 1. The zero-order valence-corrected chi connectivity index (χ0v) is 9.58. The Kier molecular flexibility index (Phi) is 2.64. The molecule has 1 N–H and O–H groups in total. The van der Waals surface area contributed by atoms with Crippen LogP contribution < -0.4 is 0 Å². The van der Waals surface area contributed by atoms with E-state index in [1.165, 1.54) is 0 Å². The number of benzene rings is 1. The van der Waals surface area contributed by atoms with Crippen molar-refractivity contribution in [2.45, 2.75) is 6.92 Å². The van der Waals surface area contributed by atoms with Gasteiger partial charge in [0.25, 0.3) is 0 Å². The number of hydrogen-bond donors (Lipinski definition) is 1. The number of aryl methyl sites for hydroxylation is 1. The molecule has 0 aliphatic carbocycles. The molecule has 1 aromatic carbocycles. The topological polar surface area (TPSA) is 58.6 Å². The van der Waals surface area contributed by atoms with E-state index in [-0.39, 0.29) is 5.78 Å². The monoisotopic (exact) mass is 265 g/mol. The molecule has 15 heavy (non-hydrogen) atoms. The van der Waals surface area contributed by atoms with Gasteiger partial charge in [0.15, 0.2) is 10.3 Å². The highest BCUT2D eigenvalue weighted by atomic mass is 79.9. The molecular weight excluding hydrogens is 258 g/mol. The van der Waals surface area contributed by atoms with Crippen LogP contribution in [0.15, 0.2) is 28.9 Å². The first-order chi connectivity index (χ1) is 7.18. The molecule has 1 heterocycles. The van der Waals surface area contributed by atoms with E-state index >= 15 is 0 Å². The van der Waals surface area contributed by atoms with E-state index in [0.29, 0.717) is 15.9 Å². The normalized spacial score (nSPS) is 10.3. The standard InChI is InChI=1S/C10H8BrN3O/c1-6-2-4-7(5-3-6)9(15)8-10(11)13-14-12-8/h2-5H,1H3,(H,12,13,14). The summed E-state index contributed by atoms with van der Waals surface area (Å²) in [6.07, 6.45) is 0. The van der Waals surface area contributed by atoms with E-state index in [0.717, 1.165) is 5.56 Å². The molecule has 0 aliphatic rings. The number of H-pyrrole nitrogens is 1. The third-order valence-electron chi connectivity index (χ3n) is 2.03. The lowest BCUT2D eigenvalue weighted by atomic mass is 10.1. The number of nitrogens with zero attached hydrogens (tertiary/aromatic N) is 2. The second-order valence-corrected chi connectivity index (χ2v) is 3.91. The molecule has 1 aromatic heterocycles. The molecule has 0 unspecified atom stereocenters. The number of rotatable bonds is 2. The molecule has 5 heteroatoms. The van der Waals surface area contributed by atoms with E-state index in [1.54, 1.807) is 12.1 Å². The fourth-order valence-electron chi connectivity index (χ4n) is 1.20. The maximum atomic E-state index is 11.9. The molecular formula is C10H8BrN3O.